The smallest absolute Gasteiger partial charge is 0.0412 e. The van der Waals surface area contributed by atoms with Crippen LogP contribution < -0.4 is 5.32 Å². The minimum atomic E-state index is 0.795. The van der Waals surface area contributed by atoms with E-state index in [1.165, 1.54) is 33.4 Å². The number of halogens is 1. The summed E-state index contributed by atoms with van der Waals surface area (Å²) in [7, 11) is 0. The fourth-order valence-electron chi connectivity index (χ4n) is 2.94. The van der Waals surface area contributed by atoms with Crippen LogP contribution in [0.15, 0.2) is 30.3 Å². The van der Waals surface area contributed by atoms with Gasteiger partial charge in [0, 0.05) is 11.6 Å². The zero-order valence-electron chi connectivity index (χ0n) is 13.4. The highest BCUT2D eigenvalue weighted by molar-refractivity contribution is 6.30. The van der Waals surface area contributed by atoms with Gasteiger partial charge in [-0.15, -0.1) is 0 Å². The van der Waals surface area contributed by atoms with Crippen molar-refractivity contribution in [2.45, 2.75) is 40.7 Å². The number of hydrogen-bond acceptors (Lipinski definition) is 1. The van der Waals surface area contributed by atoms with Crippen LogP contribution in [0.5, 0.6) is 0 Å². The summed E-state index contributed by atoms with van der Waals surface area (Å²) in [5.74, 6) is 0. The molecule has 1 N–H and O–H groups in total. The molecule has 21 heavy (non-hydrogen) atoms. The normalized spacial score (nSPS) is 10.9. The maximum Gasteiger partial charge on any atom is 0.0412 e. The SMILES string of the molecule is CCCNCc1ccc(Cl)cc1-c1c(C)cc(C)cc1C. The van der Waals surface area contributed by atoms with Crippen molar-refractivity contribution >= 4 is 11.6 Å². The van der Waals surface area contributed by atoms with Gasteiger partial charge in [0.2, 0.25) is 0 Å². The number of aryl methyl sites for hydroxylation is 3. The number of benzene rings is 2. The minimum Gasteiger partial charge on any atom is -0.313 e. The standard InChI is InChI=1S/C19H24ClN/c1-5-8-21-12-16-6-7-17(20)11-18(16)19-14(3)9-13(2)10-15(19)4/h6-7,9-11,21H,5,8,12H2,1-4H3. The summed E-state index contributed by atoms with van der Waals surface area (Å²) >= 11 is 6.24. The van der Waals surface area contributed by atoms with Crippen LogP contribution in [0.1, 0.15) is 35.6 Å². The van der Waals surface area contributed by atoms with Gasteiger partial charge >= 0.3 is 0 Å². The van der Waals surface area contributed by atoms with Crippen LogP contribution in [0.4, 0.5) is 0 Å². The second kappa shape index (κ2) is 7.11. The Hall–Kier alpha value is -1.31. The molecule has 1 nitrogen and oxygen atoms in total. The fraction of sp³-hybridized carbons (Fsp3) is 0.368. The molecular formula is C19H24ClN. The van der Waals surface area contributed by atoms with Crippen LogP contribution in [0.25, 0.3) is 11.1 Å². The molecule has 0 amide bonds. The van der Waals surface area contributed by atoms with Gasteiger partial charge < -0.3 is 5.32 Å². The Bertz CT molecular complexity index is 608. The zero-order valence-corrected chi connectivity index (χ0v) is 14.1. The Balaban J connectivity index is 2.49. The molecule has 0 heterocycles. The van der Waals surface area contributed by atoms with E-state index in [0.717, 1.165) is 24.5 Å². The Morgan fingerprint density at radius 2 is 1.67 bits per heavy atom. The monoisotopic (exact) mass is 301 g/mol. The van der Waals surface area contributed by atoms with E-state index in [-0.39, 0.29) is 0 Å². The molecule has 0 bridgehead atoms. The third-order valence-corrected chi connectivity index (χ3v) is 4.00. The number of rotatable bonds is 5. The van der Waals surface area contributed by atoms with Crippen molar-refractivity contribution < 1.29 is 0 Å². The van der Waals surface area contributed by atoms with Crippen LogP contribution in [-0.4, -0.2) is 6.54 Å². The lowest BCUT2D eigenvalue weighted by Gasteiger charge is -2.16. The van der Waals surface area contributed by atoms with Crippen LogP contribution >= 0.6 is 11.6 Å². The van der Waals surface area contributed by atoms with Crippen LogP contribution in [0, 0.1) is 20.8 Å². The second-order valence-corrected chi connectivity index (χ2v) is 6.19. The van der Waals surface area contributed by atoms with Gasteiger partial charge in [0.25, 0.3) is 0 Å². The van der Waals surface area contributed by atoms with Crippen molar-refractivity contribution in [3.05, 3.63) is 57.6 Å². The fourth-order valence-corrected chi connectivity index (χ4v) is 3.11. The first-order chi connectivity index (χ1) is 10.0. The summed E-state index contributed by atoms with van der Waals surface area (Å²) in [5, 5.41) is 4.28. The first-order valence-electron chi connectivity index (χ1n) is 7.60. The van der Waals surface area contributed by atoms with E-state index in [1.807, 2.05) is 6.07 Å². The average Bonchev–Trinajstić information content (AvgIpc) is 2.40. The molecule has 0 aliphatic heterocycles. The maximum atomic E-state index is 6.24. The van der Waals surface area contributed by atoms with Gasteiger partial charge in [-0.3, -0.25) is 0 Å². The van der Waals surface area contributed by atoms with E-state index in [9.17, 15) is 0 Å². The lowest BCUT2D eigenvalue weighted by atomic mass is 9.91. The Morgan fingerprint density at radius 3 is 2.29 bits per heavy atom. The van der Waals surface area contributed by atoms with E-state index in [1.54, 1.807) is 0 Å². The topological polar surface area (TPSA) is 12.0 Å². The molecule has 112 valence electrons. The van der Waals surface area contributed by atoms with E-state index in [4.69, 9.17) is 11.6 Å². The first-order valence-corrected chi connectivity index (χ1v) is 7.98. The van der Waals surface area contributed by atoms with Crippen molar-refractivity contribution in [2.24, 2.45) is 0 Å². The summed E-state index contributed by atoms with van der Waals surface area (Å²) < 4.78 is 0. The summed E-state index contributed by atoms with van der Waals surface area (Å²) in [5.41, 5.74) is 7.81. The summed E-state index contributed by atoms with van der Waals surface area (Å²) in [6.07, 6.45) is 1.14. The van der Waals surface area contributed by atoms with Gasteiger partial charge in [-0.1, -0.05) is 42.3 Å². The molecule has 2 aromatic carbocycles. The molecule has 0 aliphatic carbocycles. The highest BCUT2D eigenvalue weighted by Gasteiger charge is 2.11. The number of hydrogen-bond donors (Lipinski definition) is 1. The first kappa shape index (κ1) is 16.1. The third kappa shape index (κ3) is 3.87. The predicted octanol–water partition coefficient (Wildman–Crippen LogP) is 5.43. The van der Waals surface area contributed by atoms with Crippen LogP contribution in [-0.2, 0) is 6.54 Å². The molecule has 2 heteroatoms. The lowest BCUT2D eigenvalue weighted by Crippen LogP contribution is -2.14. The Kier molecular flexibility index (Phi) is 5.44. The van der Waals surface area contributed by atoms with Crippen molar-refractivity contribution in [1.29, 1.82) is 0 Å². The van der Waals surface area contributed by atoms with Gasteiger partial charge in [-0.2, -0.15) is 0 Å². The van der Waals surface area contributed by atoms with E-state index >= 15 is 0 Å². The zero-order chi connectivity index (χ0) is 15.4. The molecule has 2 aromatic rings. The van der Waals surface area contributed by atoms with E-state index in [2.05, 4.69) is 57.3 Å². The maximum absolute atomic E-state index is 6.24. The molecule has 2 rings (SSSR count). The highest BCUT2D eigenvalue weighted by Crippen LogP contribution is 2.33. The van der Waals surface area contributed by atoms with Gasteiger partial charge in [0.15, 0.2) is 0 Å². The summed E-state index contributed by atoms with van der Waals surface area (Å²) in [6, 6.07) is 10.7. The molecule has 0 aliphatic rings. The molecule has 0 aromatic heterocycles. The van der Waals surface area contributed by atoms with Crippen LogP contribution in [0.3, 0.4) is 0 Å². The van der Waals surface area contributed by atoms with Gasteiger partial charge in [0.1, 0.15) is 0 Å². The van der Waals surface area contributed by atoms with Gasteiger partial charge in [-0.25, -0.2) is 0 Å². The lowest BCUT2D eigenvalue weighted by molar-refractivity contribution is 0.676. The van der Waals surface area contributed by atoms with Gasteiger partial charge in [0.05, 0.1) is 0 Å². The van der Waals surface area contributed by atoms with Crippen LogP contribution in [0.2, 0.25) is 5.02 Å². The van der Waals surface area contributed by atoms with E-state index in [0.29, 0.717) is 0 Å². The molecule has 0 saturated carbocycles. The molecule has 0 unspecified atom stereocenters. The Labute approximate surface area is 133 Å². The molecule has 0 saturated heterocycles. The van der Waals surface area contributed by atoms with Gasteiger partial charge in [-0.05, 0) is 73.7 Å². The predicted molar refractivity (Wildman–Crippen MR) is 93.1 cm³/mol. The van der Waals surface area contributed by atoms with Crippen molar-refractivity contribution in [3.8, 4) is 11.1 Å². The van der Waals surface area contributed by atoms with Crippen molar-refractivity contribution in [3.63, 3.8) is 0 Å². The molecule has 0 radical (unpaired) electrons. The second-order valence-electron chi connectivity index (χ2n) is 5.75. The summed E-state index contributed by atoms with van der Waals surface area (Å²) in [6.45, 7) is 10.6. The summed E-state index contributed by atoms with van der Waals surface area (Å²) in [4.78, 5) is 0. The quantitative estimate of drug-likeness (QED) is 0.726. The molecule has 0 fully saturated rings. The molecule has 0 spiro atoms. The third-order valence-electron chi connectivity index (χ3n) is 3.76. The minimum absolute atomic E-state index is 0.795. The molecule has 0 atom stereocenters. The largest absolute Gasteiger partial charge is 0.313 e. The molecular weight excluding hydrogens is 278 g/mol. The van der Waals surface area contributed by atoms with E-state index < -0.39 is 0 Å². The average molecular weight is 302 g/mol. The Morgan fingerprint density at radius 1 is 1.00 bits per heavy atom. The highest BCUT2D eigenvalue weighted by atomic mass is 35.5. The van der Waals surface area contributed by atoms with Crippen molar-refractivity contribution in [1.82, 2.24) is 5.32 Å². The number of nitrogens with one attached hydrogen (secondary N) is 1. The van der Waals surface area contributed by atoms with Crippen molar-refractivity contribution in [2.75, 3.05) is 6.54 Å².